The van der Waals surface area contributed by atoms with Gasteiger partial charge in [-0.05, 0) is 51.7 Å². The van der Waals surface area contributed by atoms with Crippen LogP contribution >= 0.6 is 0 Å². The topological polar surface area (TPSA) is 280 Å². The number of aliphatic hydroxyl groups excluding tert-OH is 4. The molecule has 0 saturated carbocycles. The van der Waals surface area contributed by atoms with Crippen LogP contribution in [-0.2, 0) is 28.5 Å². The maximum atomic E-state index is 11.8. The fourth-order valence-electron chi connectivity index (χ4n) is 4.18. The first-order chi connectivity index (χ1) is 22.9. The highest BCUT2D eigenvalue weighted by Gasteiger charge is 2.66. The lowest BCUT2D eigenvalue weighted by atomic mass is 10.0. The van der Waals surface area contributed by atoms with E-state index in [0.717, 1.165) is 25.0 Å². The normalized spacial score (nSPS) is 14.7. The number of carbonyl (C=O) groups excluding carboxylic acids is 2. The van der Waals surface area contributed by atoms with E-state index >= 15 is 0 Å². The van der Waals surface area contributed by atoms with E-state index in [4.69, 9.17) is 18.9 Å². The van der Waals surface area contributed by atoms with Crippen LogP contribution in [0.5, 0.6) is 0 Å². The Balaban J connectivity index is 6.24. The quantitative estimate of drug-likeness (QED) is 0.0148. The number of hydrogen-bond acceptors (Lipinski definition) is 18. The Morgan fingerprint density at radius 3 is 1.29 bits per heavy atom. The third-order valence-corrected chi connectivity index (χ3v) is 7.16. The molecular formula is C31H58N2O16. The first-order valence-electron chi connectivity index (χ1n) is 16.3. The smallest absolute Gasteiger partial charge is 0.373 e. The Morgan fingerprint density at radius 1 is 0.633 bits per heavy atom. The van der Waals surface area contributed by atoms with E-state index in [1.807, 2.05) is 13.8 Å². The van der Waals surface area contributed by atoms with Gasteiger partial charge >= 0.3 is 17.7 Å². The zero-order valence-electron chi connectivity index (χ0n) is 28.9. The second-order valence-corrected chi connectivity index (χ2v) is 11.3. The van der Waals surface area contributed by atoms with Crippen molar-refractivity contribution >= 4 is 11.9 Å². The number of ether oxygens (including phenoxy) is 4. The molecule has 2 unspecified atom stereocenters. The zero-order chi connectivity index (χ0) is 37.7. The molecule has 0 spiro atoms. The van der Waals surface area contributed by atoms with Gasteiger partial charge in [0.15, 0.2) is 11.5 Å². The summed E-state index contributed by atoms with van der Waals surface area (Å²) >= 11 is 0. The summed E-state index contributed by atoms with van der Waals surface area (Å²) < 4.78 is 20.4. The van der Waals surface area contributed by atoms with Crippen LogP contribution in [0.4, 0.5) is 0 Å². The lowest BCUT2D eigenvalue weighted by Crippen LogP contribution is -2.79. The van der Waals surface area contributed by atoms with Crippen molar-refractivity contribution in [2.45, 2.75) is 96.0 Å². The van der Waals surface area contributed by atoms with Crippen molar-refractivity contribution in [2.75, 3.05) is 65.8 Å². The molecule has 2 atom stereocenters. The SMILES string of the molecule is CC=C(O)C(=O)OCCCN(CC(O)COCCCC)C(O)(O)C(O)(O)C(O)(O)N(CCCOC(=O)C(O)=CC)CC(O)COCCCC. The van der Waals surface area contributed by atoms with Crippen LogP contribution in [0.2, 0.25) is 0 Å². The number of carbonyl (C=O) groups is 2. The van der Waals surface area contributed by atoms with Crippen LogP contribution in [0.25, 0.3) is 0 Å². The first-order valence-corrected chi connectivity index (χ1v) is 16.3. The molecule has 0 aliphatic heterocycles. The van der Waals surface area contributed by atoms with Gasteiger partial charge in [-0.1, -0.05) is 26.7 Å². The van der Waals surface area contributed by atoms with E-state index in [-0.39, 0.29) is 39.3 Å². The lowest BCUT2D eigenvalue weighted by molar-refractivity contribution is -0.513. The lowest BCUT2D eigenvalue weighted by Gasteiger charge is -2.50. The van der Waals surface area contributed by atoms with Crippen molar-refractivity contribution in [3.05, 3.63) is 23.7 Å². The minimum atomic E-state index is -4.29. The number of esters is 2. The average Bonchev–Trinajstić information content (AvgIpc) is 3.06. The van der Waals surface area contributed by atoms with Crippen molar-refractivity contribution in [3.63, 3.8) is 0 Å². The van der Waals surface area contributed by atoms with Crippen molar-refractivity contribution in [2.24, 2.45) is 0 Å². The van der Waals surface area contributed by atoms with Crippen LogP contribution < -0.4 is 0 Å². The molecule has 18 nitrogen and oxygen atoms in total. The average molecular weight is 715 g/mol. The van der Waals surface area contributed by atoms with Crippen LogP contribution in [0.15, 0.2) is 23.7 Å². The van der Waals surface area contributed by atoms with Gasteiger partial charge in [-0.3, -0.25) is 0 Å². The molecule has 10 N–H and O–H groups in total. The number of unbranched alkanes of at least 4 members (excludes halogenated alkanes) is 2. The summed E-state index contributed by atoms with van der Waals surface area (Å²) in [6.45, 7) is 3.09. The molecule has 0 aromatic rings. The Labute approximate surface area is 287 Å². The van der Waals surface area contributed by atoms with Gasteiger partial charge in [0.1, 0.15) is 0 Å². The van der Waals surface area contributed by atoms with Crippen LogP contribution in [0.1, 0.15) is 66.2 Å². The molecule has 0 amide bonds. The molecule has 0 aromatic carbocycles. The third kappa shape index (κ3) is 16.0. The summed E-state index contributed by atoms with van der Waals surface area (Å²) in [4.78, 5) is 24.5. The second-order valence-electron chi connectivity index (χ2n) is 11.3. The summed E-state index contributed by atoms with van der Waals surface area (Å²) in [6.07, 6.45) is 1.68. The van der Waals surface area contributed by atoms with Gasteiger partial charge in [0, 0.05) is 39.4 Å². The highest BCUT2D eigenvalue weighted by atomic mass is 16.7. The van der Waals surface area contributed by atoms with Crippen molar-refractivity contribution in [1.29, 1.82) is 0 Å². The van der Waals surface area contributed by atoms with Crippen LogP contribution in [0.3, 0.4) is 0 Å². The summed E-state index contributed by atoms with van der Waals surface area (Å²) in [5.74, 6) is -15.7. The molecule has 0 saturated heterocycles. The number of hydrogen-bond donors (Lipinski definition) is 10. The third-order valence-electron chi connectivity index (χ3n) is 7.16. The minimum absolute atomic E-state index is 0.239. The van der Waals surface area contributed by atoms with Crippen molar-refractivity contribution in [3.8, 4) is 0 Å². The molecule has 18 heteroatoms. The number of nitrogens with zero attached hydrogens (tertiary/aromatic N) is 2. The first kappa shape index (κ1) is 46.5. The summed E-state index contributed by atoms with van der Waals surface area (Å²) in [5.41, 5.74) is 0. The Bertz CT molecular complexity index is 928. The largest absolute Gasteiger partial charge is 0.502 e. The monoisotopic (exact) mass is 714 g/mol. The molecule has 0 aliphatic rings. The summed E-state index contributed by atoms with van der Waals surface area (Å²) in [6, 6.07) is 0. The Hall–Kier alpha value is -2.46. The second kappa shape index (κ2) is 23.9. The molecule has 0 heterocycles. The van der Waals surface area contributed by atoms with E-state index in [1.54, 1.807) is 0 Å². The molecule has 288 valence electrons. The summed E-state index contributed by atoms with van der Waals surface area (Å²) in [5, 5.41) is 107. The van der Waals surface area contributed by atoms with Gasteiger partial charge in [0.2, 0.25) is 0 Å². The van der Waals surface area contributed by atoms with E-state index in [2.05, 4.69) is 0 Å². The fraction of sp³-hybridized carbons (Fsp3) is 0.806. The zero-order valence-corrected chi connectivity index (χ0v) is 28.9. The van der Waals surface area contributed by atoms with Gasteiger partial charge in [-0.2, -0.15) is 0 Å². The predicted octanol–water partition coefficient (Wildman–Crippen LogP) is -1.31. The van der Waals surface area contributed by atoms with Crippen LogP contribution in [-0.4, -0.2) is 168 Å². The minimum Gasteiger partial charge on any atom is -0.502 e. The molecule has 0 fully saturated rings. The van der Waals surface area contributed by atoms with Crippen molar-refractivity contribution in [1.82, 2.24) is 9.80 Å². The summed E-state index contributed by atoms with van der Waals surface area (Å²) in [7, 11) is 0. The molecule has 0 bridgehead atoms. The van der Waals surface area contributed by atoms with Gasteiger partial charge in [0.25, 0.3) is 11.8 Å². The van der Waals surface area contributed by atoms with E-state index in [0.29, 0.717) is 22.6 Å². The highest BCUT2D eigenvalue weighted by molar-refractivity contribution is 5.85. The maximum Gasteiger partial charge on any atom is 0.373 e. The molecule has 0 rings (SSSR count). The Kier molecular flexibility index (Phi) is 22.7. The highest BCUT2D eigenvalue weighted by Crippen LogP contribution is 2.34. The maximum absolute atomic E-state index is 11.8. The molecule has 0 radical (unpaired) electrons. The molecule has 49 heavy (non-hydrogen) atoms. The van der Waals surface area contributed by atoms with Crippen molar-refractivity contribution < 1.29 is 79.6 Å². The van der Waals surface area contributed by atoms with E-state index in [1.165, 1.54) is 13.8 Å². The number of rotatable bonds is 28. The van der Waals surface area contributed by atoms with Gasteiger partial charge in [-0.15, -0.1) is 0 Å². The molecule has 0 aromatic heterocycles. The van der Waals surface area contributed by atoms with Gasteiger partial charge < -0.3 is 70.0 Å². The van der Waals surface area contributed by atoms with Gasteiger partial charge in [-0.25, -0.2) is 19.4 Å². The van der Waals surface area contributed by atoms with Gasteiger partial charge in [0.05, 0.1) is 38.6 Å². The standard InChI is InChI=1S/C31H58N2O16/c1-5-9-15-46-21-23(34)19-32(13-11-17-48-27(38)25(36)7-3)30(42,43)29(40,41)31(44,45)33(20-24(35)22-47-16-10-6-2)14-12-18-49-28(39)26(37)8-4/h7-8,23-24,34-37,40-45H,5-6,9-22H2,1-4H3. The number of allylic oxidation sites excluding steroid dienone is 2. The molecular weight excluding hydrogens is 656 g/mol. The number of aliphatic hydroxyl groups is 10. The Morgan fingerprint density at radius 2 is 0.980 bits per heavy atom. The predicted molar refractivity (Wildman–Crippen MR) is 172 cm³/mol. The van der Waals surface area contributed by atoms with Crippen LogP contribution in [0, 0.1) is 0 Å². The van der Waals surface area contributed by atoms with E-state index < -0.39 is 92.7 Å². The fourth-order valence-corrected chi connectivity index (χ4v) is 4.18. The van der Waals surface area contributed by atoms with E-state index in [9.17, 15) is 60.7 Å². The molecule has 0 aliphatic carbocycles.